The first-order valence-electron chi connectivity index (χ1n) is 7.73. The summed E-state index contributed by atoms with van der Waals surface area (Å²) in [5.41, 5.74) is 1.04. The van der Waals surface area contributed by atoms with Crippen LogP contribution in [0.3, 0.4) is 0 Å². The predicted octanol–water partition coefficient (Wildman–Crippen LogP) is 3.29. The number of halogens is 1. The molecule has 3 rings (SSSR count). The molecule has 1 aromatic carbocycles. The average molecular weight is 342 g/mol. The molecule has 1 aliphatic rings. The molecule has 1 fully saturated rings. The van der Waals surface area contributed by atoms with Crippen molar-refractivity contribution in [2.24, 2.45) is 0 Å². The molecule has 2 aromatic rings. The van der Waals surface area contributed by atoms with Gasteiger partial charge in [-0.15, -0.1) is 0 Å². The topological polar surface area (TPSA) is 66.2 Å². The minimum atomic E-state index is -0.0486. The van der Waals surface area contributed by atoms with Gasteiger partial charge >= 0.3 is 0 Å². The molecule has 5 nitrogen and oxygen atoms in total. The van der Waals surface area contributed by atoms with Crippen molar-refractivity contribution in [2.45, 2.75) is 18.9 Å². The van der Waals surface area contributed by atoms with Gasteiger partial charge in [0.05, 0.1) is 11.6 Å². The minimum absolute atomic E-state index is 0.0272. The van der Waals surface area contributed by atoms with E-state index in [1.165, 1.54) is 0 Å². The van der Waals surface area contributed by atoms with Crippen molar-refractivity contribution in [3.8, 4) is 11.8 Å². The minimum Gasteiger partial charge on any atom is -0.489 e. The van der Waals surface area contributed by atoms with Crippen LogP contribution in [0.25, 0.3) is 0 Å². The number of hydrogen-bond acceptors (Lipinski definition) is 4. The van der Waals surface area contributed by atoms with Crippen molar-refractivity contribution < 1.29 is 9.53 Å². The van der Waals surface area contributed by atoms with E-state index < -0.39 is 0 Å². The molecule has 122 valence electrons. The van der Waals surface area contributed by atoms with Gasteiger partial charge in [0, 0.05) is 50.0 Å². The zero-order valence-electron chi connectivity index (χ0n) is 13.0. The van der Waals surface area contributed by atoms with Crippen LogP contribution in [0.2, 0.25) is 5.02 Å². The Balaban J connectivity index is 1.59. The number of benzene rings is 1. The van der Waals surface area contributed by atoms with E-state index in [4.69, 9.17) is 21.6 Å². The fraction of sp³-hybridized carbons (Fsp3) is 0.278. The van der Waals surface area contributed by atoms with Gasteiger partial charge in [0.1, 0.15) is 16.9 Å². The maximum Gasteiger partial charge on any atom is 0.253 e. The normalized spacial score (nSPS) is 14.9. The second-order valence-electron chi connectivity index (χ2n) is 5.61. The molecule has 1 aromatic heterocycles. The van der Waals surface area contributed by atoms with Crippen LogP contribution in [0.15, 0.2) is 42.7 Å². The van der Waals surface area contributed by atoms with Crippen LogP contribution in [0.4, 0.5) is 0 Å². The number of aromatic nitrogens is 1. The number of piperidine rings is 1. The zero-order valence-corrected chi connectivity index (χ0v) is 13.7. The zero-order chi connectivity index (χ0) is 16.9. The predicted molar refractivity (Wildman–Crippen MR) is 90.0 cm³/mol. The Morgan fingerprint density at radius 2 is 2.12 bits per heavy atom. The van der Waals surface area contributed by atoms with Gasteiger partial charge in [0.15, 0.2) is 0 Å². The Morgan fingerprint density at radius 1 is 1.33 bits per heavy atom. The van der Waals surface area contributed by atoms with Crippen LogP contribution < -0.4 is 4.74 Å². The molecule has 0 radical (unpaired) electrons. The highest BCUT2D eigenvalue weighted by molar-refractivity contribution is 6.31. The molecule has 24 heavy (non-hydrogen) atoms. The highest BCUT2D eigenvalue weighted by atomic mass is 35.5. The lowest BCUT2D eigenvalue weighted by Gasteiger charge is -2.32. The number of carbonyl (C=O) groups excluding carboxylic acids is 1. The fourth-order valence-electron chi connectivity index (χ4n) is 2.72. The molecule has 1 amide bonds. The SMILES string of the molecule is N#Cc1cccc(C(=O)N2CCC(Oc3ccncc3Cl)CC2)c1. The summed E-state index contributed by atoms with van der Waals surface area (Å²) in [7, 11) is 0. The number of amides is 1. The summed E-state index contributed by atoms with van der Waals surface area (Å²) in [4.78, 5) is 18.3. The van der Waals surface area contributed by atoms with Crippen molar-refractivity contribution >= 4 is 17.5 Å². The van der Waals surface area contributed by atoms with Gasteiger partial charge in [-0.1, -0.05) is 17.7 Å². The van der Waals surface area contributed by atoms with Crippen LogP contribution in [0.1, 0.15) is 28.8 Å². The number of nitrogens with zero attached hydrogens (tertiary/aromatic N) is 3. The Hall–Kier alpha value is -2.58. The maximum absolute atomic E-state index is 12.5. The fourth-order valence-corrected chi connectivity index (χ4v) is 2.88. The largest absolute Gasteiger partial charge is 0.489 e. The third-order valence-electron chi connectivity index (χ3n) is 4.00. The molecule has 1 saturated heterocycles. The first kappa shape index (κ1) is 16.3. The summed E-state index contributed by atoms with van der Waals surface area (Å²) < 4.78 is 5.90. The Kier molecular flexibility index (Phi) is 4.97. The number of carbonyl (C=O) groups is 1. The summed E-state index contributed by atoms with van der Waals surface area (Å²) in [5, 5.41) is 9.43. The van der Waals surface area contributed by atoms with E-state index in [-0.39, 0.29) is 12.0 Å². The van der Waals surface area contributed by atoms with E-state index in [1.807, 2.05) is 0 Å². The van der Waals surface area contributed by atoms with Crippen LogP contribution in [0.5, 0.6) is 5.75 Å². The molecule has 6 heteroatoms. The molecule has 0 bridgehead atoms. The van der Waals surface area contributed by atoms with Gasteiger partial charge < -0.3 is 9.64 Å². The van der Waals surface area contributed by atoms with Crippen LogP contribution in [-0.2, 0) is 0 Å². The number of rotatable bonds is 3. The van der Waals surface area contributed by atoms with Crippen molar-refractivity contribution in [1.82, 2.24) is 9.88 Å². The van der Waals surface area contributed by atoms with E-state index in [0.717, 1.165) is 12.8 Å². The summed E-state index contributed by atoms with van der Waals surface area (Å²) >= 11 is 6.05. The molecule has 0 saturated carbocycles. The van der Waals surface area contributed by atoms with Gasteiger partial charge in [-0.2, -0.15) is 5.26 Å². The monoisotopic (exact) mass is 341 g/mol. The quantitative estimate of drug-likeness (QED) is 0.859. The third kappa shape index (κ3) is 3.66. The average Bonchev–Trinajstić information content (AvgIpc) is 2.64. The lowest BCUT2D eigenvalue weighted by molar-refractivity contribution is 0.0595. The molecular weight excluding hydrogens is 326 g/mol. The maximum atomic E-state index is 12.5. The standard InChI is InChI=1S/C18H16ClN3O2/c19-16-12-21-7-4-17(16)24-15-5-8-22(9-6-15)18(23)14-3-1-2-13(10-14)11-20/h1-4,7,10,12,15H,5-6,8-9H2. The molecule has 1 aliphatic heterocycles. The van der Waals surface area contributed by atoms with Crippen molar-refractivity contribution in [3.05, 3.63) is 58.9 Å². The van der Waals surface area contributed by atoms with E-state index in [0.29, 0.717) is 35.0 Å². The molecule has 0 aliphatic carbocycles. The van der Waals surface area contributed by atoms with Gasteiger partial charge in [0.25, 0.3) is 5.91 Å². The molecule has 0 spiro atoms. The Morgan fingerprint density at radius 3 is 2.83 bits per heavy atom. The lowest BCUT2D eigenvalue weighted by Crippen LogP contribution is -2.41. The Bertz CT molecular complexity index is 780. The summed E-state index contributed by atoms with van der Waals surface area (Å²) in [6.07, 6.45) is 4.70. The van der Waals surface area contributed by atoms with Gasteiger partial charge in [-0.3, -0.25) is 9.78 Å². The summed E-state index contributed by atoms with van der Waals surface area (Å²) in [6, 6.07) is 10.6. The van der Waals surface area contributed by atoms with Crippen molar-refractivity contribution in [1.29, 1.82) is 5.26 Å². The second kappa shape index (κ2) is 7.33. The van der Waals surface area contributed by atoms with E-state index >= 15 is 0 Å². The first-order chi connectivity index (χ1) is 11.7. The van der Waals surface area contributed by atoms with Gasteiger partial charge in [0.2, 0.25) is 0 Å². The molecule has 0 N–H and O–H groups in total. The van der Waals surface area contributed by atoms with E-state index in [9.17, 15) is 4.79 Å². The lowest BCUT2D eigenvalue weighted by atomic mass is 10.1. The smallest absolute Gasteiger partial charge is 0.253 e. The molecule has 0 unspecified atom stereocenters. The number of likely N-dealkylation sites (tertiary alicyclic amines) is 1. The molecule has 2 heterocycles. The number of nitriles is 1. The van der Waals surface area contributed by atoms with E-state index in [1.54, 1.807) is 47.6 Å². The van der Waals surface area contributed by atoms with Crippen molar-refractivity contribution in [3.63, 3.8) is 0 Å². The van der Waals surface area contributed by atoms with E-state index in [2.05, 4.69) is 11.1 Å². The number of hydrogen-bond donors (Lipinski definition) is 0. The van der Waals surface area contributed by atoms with Gasteiger partial charge in [-0.05, 0) is 18.2 Å². The summed E-state index contributed by atoms with van der Waals surface area (Å²) in [5.74, 6) is 0.575. The Labute approximate surface area is 145 Å². The van der Waals surface area contributed by atoms with Crippen LogP contribution in [0, 0.1) is 11.3 Å². The number of pyridine rings is 1. The number of ether oxygens (including phenoxy) is 1. The summed E-state index contributed by atoms with van der Waals surface area (Å²) in [6.45, 7) is 1.23. The highest BCUT2D eigenvalue weighted by Crippen LogP contribution is 2.26. The first-order valence-corrected chi connectivity index (χ1v) is 8.11. The van der Waals surface area contributed by atoms with Crippen LogP contribution >= 0.6 is 11.6 Å². The second-order valence-corrected chi connectivity index (χ2v) is 6.02. The highest BCUT2D eigenvalue weighted by Gasteiger charge is 2.25. The third-order valence-corrected chi connectivity index (χ3v) is 4.28. The van der Waals surface area contributed by atoms with Gasteiger partial charge in [-0.25, -0.2) is 0 Å². The van der Waals surface area contributed by atoms with Crippen molar-refractivity contribution in [2.75, 3.05) is 13.1 Å². The van der Waals surface area contributed by atoms with Crippen LogP contribution in [-0.4, -0.2) is 35.0 Å². The molecular formula is C18H16ClN3O2. The molecule has 0 atom stereocenters.